The van der Waals surface area contributed by atoms with Gasteiger partial charge in [-0.05, 0) is 37.1 Å². The van der Waals surface area contributed by atoms with Gasteiger partial charge in [0.25, 0.3) is 11.5 Å². The Kier molecular flexibility index (Phi) is 6.83. The molecule has 1 atom stereocenters. The maximum atomic E-state index is 12.7. The van der Waals surface area contributed by atoms with Crippen molar-refractivity contribution in [2.45, 2.75) is 25.4 Å². The van der Waals surface area contributed by atoms with Crippen molar-refractivity contribution in [2.75, 3.05) is 26.7 Å². The molecule has 0 spiro atoms. The van der Waals surface area contributed by atoms with E-state index in [2.05, 4.69) is 20.5 Å². The molecule has 2 aromatic heterocycles. The second-order valence-corrected chi connectivity index (χ2v) is 8.42. The number of urea groups is 1. The van der Waals surface area contributed by atoms with Gasteiger partial charge in [-0.15, -0.1) is 5.10 Å². The van der Waals surface area contributed by atoms with Crippen LogP contribution in [0.25, 0.3) is 10.9 Å². The van der Waals surface area contributed by atoms with Crippen molar-refractivity contribution in [1.29, 1.82) is 0 Å². The van der Waals surface area contributed by atoms with Gasteiger partial charge in [0.05, 0.1) is 12.6 Å². The number of hydrogen-bond acceptors (Lipinski definition) is 5. The molecular weight excluding hydrogens is 448 g/mol. The number of aromatic nitrogens is 3. The number of likely N-dealkylation sites (N-methyl/N-ethyl adjacent to an activating group) is 1. The van der Waals surface area contributed by atoms with Gasteiger partial charge in [0.1, 0.15) is 0 Å². The fourth-order valence-electron chi connectivity index (χ4n) is 3.86. The van der Waals surface area contributed by atoms with Crippen molar-refractivity contribution in [3.05, 3.63) is 57.5 Å². The molecule has 3 heterocycles. The predicted octanol–water partition coefficient (Wildman–Crippen LogP) is 2.12. The lowest BCUT2D eigenvalue weighted by molar-refractivity contribution is -0.135. The SMILES string of the molecule is CN(C(=O)NCc1cc2cc(Cl)ccc2[nH]1)C1CCCN(C(=O)COc2ccc(=O)[nH]n2)C1. The molecule has 3 aromatic rings. The average molecular weight is 473 g/mol. The van der Waals surface area contributed by atoms with Crippen LogP contribution < -0.4 is 15.6 Å². The number of hydrogen-bond donors (Lipinski definition) is 3. The van der Waals surface area contributed by atoms with E-state index >= 15 is 0 Å². The van der Waals surface area contributed by atoms with E-state index in [1.54, 1.807) is 16.8 Å². The standard InChI is InChI=1S/C22H25ClN6O4/c1-28(22(32)24-11-16-10-14-9-15(23)4-5-18(14)25-16)17-3-2-8-29(12-17)21(31)13-33-20-7-6-19(30)26-27-20/h4-7,9-10,17,25H,2-3,8,11-13H2,1H3,(H,24,32)(H,26,30). The zero-order valence-electron chi connectivity index (χ0n) is 18.1. The summed E-state index contributed by atoms with van der Waals surface area (Å²) in [5, 5.41) is 10.6. The molecule has 1 aliphatic heterocycles. The number of benzene rings is 1. The van der Waals surface area contributed by atoms with Crippen molar-refractivity contribution in [3.63, 3.8) is 0 Å². The highest BCUT2D eigenvalue weighted by Crippen LogP contribution is 2.20. The number of rotatable bonds is 6. The van der Waals surface area contributed by atoms with Crippen molar-refractivity contribution in [3.8, 4) is 5.88 Å². The van der Waals surface area contributed by atoms with Gasteiger partial charge in [0.15, 0.2) is 6.61 Å². The van der Waals surface area contributed by atoms with E-state index < -0.39 is 0 Å². The van der Waals surface area contributed by atoms with Gasteiger partial charge in [-0.3, -0.25) is 9.59 Å². The molecule has 11 heteroatoms. The number of carbonyl (C=O) groups is 2. The van der Waals surface area contributed by atoms with Crippen LogP contribution in [0.3, 0.4) is 0 Å². The molecule has 0 saturated carbocycles. The molecule has 1 aliphatic rings. The molecule has 1 unspecified atom stereocenters. The monoisotopic (exact) mass is 472 g/mol. The van der Waals surface area contributed by atoms with Crippen LogP contribution in [0.15, 0.2) is 41.2 Å². The summed E-state index contributed by atoms with van der Waals surface area (Å²) in [4.78, 5) is 42.9. The number of ether oxygens (including phenoxy) is 1. The summed E-state index contributed by atoms with van der Waals surface area (Å²) in [6, 6.07) is 9.92. The van der Waals surface area contributed by atoms with Crippen LogP contribution in [-0.2, 0) is 11.3 Å². The topological polar surface area (TPSA) is 123 Å². The van der Waals surface area contributed by atoms with Crippen LogP contribution in [0.4, 0.5) is 4.79 Å². The van der Waals surface area contributed by atoms with E-state index in [-0.39, 0.29) is 36.0 Å². The van der Waals surface area contributed by atoms with Crippen molar-refractivity contribution < 1.29 is 14.3 Å². The molecule has 0 bridgehead atoms. The predicted molar refractivity (Wildman–Crippen MR) is 123 cm³/mol. The molecule has 0 aliphatic carbocycles. The third kappa shape index (κ3) is 5.64. The number of likely N-dealkylation sites (tertiary alicyclic amines) is 1. The molecule has 4 rings (SSSR count). The van der Waals surface area contributed by atoms with Gasteiger partial charge in [-0.25, -0.2) is 9.89 Å². The smallest absolute Gasteiger partial charge is 0.317 e. The lowest BCUT2D eigenvalue weighted by Crippen LogP contribution is -2.53. The molecule has 0 radical (unpaired) electrons. The van der Waals surface area contributed by atoms with Crippen LogP contribution in [0.5, 0.6) is 5.88 Å². The Hall–Kier alpha value is -3.53. The Balaban J connectivity index is 1.28. The second-order valence-electron chi connectivity index (χ2n) is 7.98. The van der Waals surface area contributed by atoms with Crippen LogP contribution in [0, 0.1) is 0 Å². The van der Waals surface area contributed by atoms with E-state index in [1.807, 2.05) is 24.3 Å². The highest BCUT2D eigenvalue weighted by molar-refractivity contribution is 6.31. The van der Waals surface area contributed by atoms with Crippen molar-refractivity contribution in [2.24, 2.45) is 0 Å². The summed E-state index contributed by atoms with van der Waals surface area (Å²) in [6.45, 7) is 1.19. The Bertz CT molecular complexity index is 1190. The molecule has 33 heavy (non-hydrogen) atoms. The molecule has 1 fully saturated rings. The first-order valence-electron chi connectivity index (χ1n) is 10.6. The van der Waals surface area contributed by atoms with E-state index in [4.69, 9.17) is 16.3 Å². The van der Waals surface area contributed by atoms with Gasteiger partial charge in [0, 0.05) is 53.9 Å². The summed E-state index contributed by atoms with van der Waals surface area (Å²) in [5.74, 6) is -0.0227. The largest absolute Gasteiger partial charge is 0.467 e. The summed E-state index contributed by atoms with van der Waals surface area (Å²) >= 11 is 6.03. The molecule has 3 N–H and O–H groups in total. The normalized spacial score (nSPS) is 15.9. The zero-order valence-corrected chi connectivity index (χ0v) is 18.9. The van der Waals surface area contributed by atoms with Gasteiger partial charge in [-0.1, -0.05) is 11.6 Å². The minimum atomic E-state index is -0.345. The van der Waals surface area contributed by atoms with Crippen LogP contribution in [-0.4, -0.2) is 69.7 Å². The summed E-state index contributed by atoms with van der Waals surface area (Å²) in [7, 11) is 1.74. The minimum absolute atomic E-state index is 0.101. The number of nitrogens with one attached hydrogen (secondary N) is 3. The first kappa shape index (κ1) is 22.7. The maximum Gasteiger partial charge on any atom is 0.317 e. The van der Waals surface area contributed by atoms with E-state index in [9.17, 15) is 14.4 Å². The first-order valence-corrected chi connectivity index (χ1v) is 11.0. The molecule has 3 amide bonds. The number of nitrogens with zero attached hydrogens (tertiary/aromatic N) is 3. The lowest BCUT2D eigenvalue weighted by atomic mass is 10.0. The minimum Gasteiger partial charge on any atom is -0.467 e. The van der Waals surface area contributed by atoms with Gasteiger partial charge < -0.3 is 24.8 Å². The fourth-order valence-corrected chi connectivity index (χ4v) is 4.04. The highest BCUT2D eigenvalue weighted by Gasteiger charge is 2.28. The Morgan fingerprint density at radius 2 is 2.15 bits per heavy atom. The number of piperidine rings is 1. The van der Waals surface area contributed by atoms with Gasteiger partial charge in [0.2, 0.25) is 5.88 Å². The Morgan fingerprint density at radius 3 is 2.94 bits per heavy atom. The third-order valence-corrected chi connectivity index (χ3v) is 5.92. The van der Waals surface area contributed by atoms with Crippen molar-refractivity contribution >= 4 is 34.4 Å². The fraction of sp³-hybridized carbons (Fsp3) is 0.364. The quantitative estimate of drug-likeness (QED) is 0.507. The molecule has 174 valence electrons. The lowest BCUT2D eigenvalue weighted by Gasteiger charge is -2.37. The summed E-state index contributed by atoms with van der Waals surface area (Å²) in [5.41, 5.74) is 1.49. The van der Waals surface area contributed by atoms with E-state index in [1.165, 1.54) is 12.1 Å². The number of aromatic amines is 2. The average Bonchev–Trinajstić information content (AvgIpc) is 3.23. The maximum absolute atomic E-state index is 12.7. The molecule has 10 nitrogen and oxygen atoms in total. The number of amides is 3. The summed E-state index contributed by atoms with van der Waals surface area (Å²) in [6.07, 6.45) is 1.59. The van der Waals surface area contributed by atoms with Gasteiger partial charge >= 0.3 is 6.03 Å². The summed E-state index contributed by atoms with van der Waals surface area (Å²) < 4.78 is 5.36. The number of H-pyrrole nitrogens is 2. The van der Waals surface area contributed by atoms with E-state index in [0.717, 1.165) is 29.4 Å². The van der Waals surface area contributed by atoms with Crippen molar-refractivity contribution in [1.82, 2.24) is 30.3 Å². The third-order valence-electron chi connectivity index (χ3n) is 5.68. The molecular formula is C22H25ClN6O4. The molecule has 1 aromatic carbocycles. The van der Waals surface area contributed by atoms with Crippen LogP contribution >= 0.6 is 11.6 Å². The van der Waals surface area contributed by atoms with Gasteiger partial charge in [-0.2, -0.15) is 0 Å². The van der Waals surface area contributed by atoms with Crippen LogP contribution in [0.1, 0.15) is 18.5 Å². The Morgan fingerprint density at radius 1 is 1.30 bits per heavy atom. The molecule has 1 saturated heterocycles. The van der Waals surface area contributed by atoms with Crippen LogP contribution in [0.2, 0.25) is 5.02 Å². The second kappa shape index (κ2) is 9.95. The zero-order chi connectivity index (χ0) is 23.4. The highest BCUT2D eigenvalue weighted by atomic mass is 35.5. The Labute approximate surface area is 194 Å². The number of fused-ring (bicyclic) bond motifs is 1. The van der Waals surface area contributed by atoms with E-state index in [0.29, 0.717) is 24.7 Å². The number of halogens is 1. The number of carbonyl (C=O) groups excluding carboxylic acids is 2. The first-order chi connectivity index (χ1) is 15.9.